The molecule has 0 spiro atoms. The summed E-state index contributed by atoms with van der Waals surface area (Å²) in [5.41, 5.74) is 2.31. The molecule has 1 atom stereocenters. The molecule has 1 unspecified atom stereocenters. The predicted molar refractivity (Wildman–Crippen MR) is 65.4 cm³/mol. The van der Waals surface area contributed by atoms with Gasteiger partial charge in [-0.15, -0.1) is 0 Å². The van der Waals surface area contributed by atoms with Crippen molar-refractivity contribution >= 4 is 20.0 Å². The molecule has 0 radical (unpaired) electrons. The Morgan fingerprint density at radius 3 is 3.12 bits per heavy atom. The molecule has 0 N–H and O–H groups in total. The quantitative estimate of drug-likeness (QED) is 0.775. The van der Waals surface area contributed by atoms with Gasteiger partial charge in [0.1, 0.15) is 0 Å². The number of anilines is 1. The van der Waals surface area contributed by atoms with Crippen LogP contribution in [0, 0.1) is 0 Å². The Morgan fingerprint density at radius 1 is 1.62 bits per heavy atom. The van der Waals surface area contributed by atoms with Crippen LogP contribution in [0.25, 0.3) is 0 Å². The number of nitrogens with zero attached hydrogens (tertiary/aromatic N) is 1. The van der Waals surface area contributed by atoms with Crippen molar-refractivity contribution in [2.75, 3.05) is 18.5 Å². The maximum absolute atomic E-state index is 6.02. The zero-order valence-corrected chi connectivity index (χ0v) is 11.9. The van der Waals surface area contributed by atoms with Crippen molar-refractivity contribution in [2.24, 2.45) is 0 Å². The maximum atomic E-state index is 6.02. The van der Waals surface area contributed by atoms with Crippen molar-refractivity contribution in [3.8, 4) is 5.75 Å². The summed E-state index contributed by atoms with van der Waals surface area (Å²) in [6.07, 6.45) is 1.32. The van der Waals surface area contributed by atoms with E-state index in [0.717, 1.165) is 24.3 Å². The molecule has 1 aromatic rings. The summed E-state index contributed by atoms with van der Waals surface area (Å²) < 4.78 is 8.10. The second kappa shape index (κ2) is 5.29. The van der Waals surface area contributed by atoms with Gasteiger partial charge in [-0.2, -0.15) is 0 Å². The molecular weight excluding hydrogens is 311 g/mol. The molecule has 1 heterocycles. The SMILES string of the molecule is CCC1CN(C)c2cccc([CH]=[Ru][Cl])c2O1. The molecule has 0 saturated heterocycles. The van der Waals surface area contributed by atoms with Crippen molar-refractivity contribution < 1.29 is 20.4 Å². The fraction of sp³-hybridized carbons (Fsp3) is 0.417. The van der Waals surface area contributed by atoms with Gasteiger partial charge in [0.2, 0.25) is 0 Å². The van der Waals surface area contributed by atoms with E-state index in [0.29, 0.717) is 0 Å². The molecule has 16 heavy (non-hydrogen) atoms. The summed E-state index contributed by atoms with van der Waals surface area (Å²) in [6, 6.07) is 6.23. The van der Waals surface area contributed by atoms with Crippen molar-refractivity contribution in [1.29, 1.82) is 0 Å². The zero-order chi connectivity index (χ0) is 11.5. The van der Waals surface area contributed by atoms with Crippen LogP contribution in [0.15, 0.2) is 18.2 Å². The van der Waals surface area contributed by atoms with Crippen LogP contribution in [0.5, 0.6) is 5.75 Å². The van der Waals surface area contributed by atoms with Crippen LogP contribution >= 0.6 is 9.69 Å². The van der Waals surface area contributed by atoms with Gasteiger partial charge in [-0.1, -0.05) is 0 Å². The van der Waals surface area contributed by atoms with Gasteiger partial charge in [-0.3, -0.25) is 0 Å². The summed E-state index contributed by atoms with van der Waals surface area (Å²) in [7, 11) is 7.96. The van der Waals surface area contributed by atoms with E-state index in [1.807, 2.05) is 0 Å². The first-order chi connectivity index (χ1) is 7.76. The first-order valence-corrected chi connectivity index (χ1v) is 8.56. The van der Waals surface area contributed by atoms with Crippen molar-refractivity contribution in [3.63, 3.8) is 0 Å². The molecule has 0 aliphatic carbocycles. The van der Waals surface area contributed by atoms with E-state index in [2.05, 4.69) is 41.7 Å². The Labute approximate surface area is 108 Å². The Bertz CT molecular complexity index is 408. The van der Waals surface area contributed by atoms with E-state index < -0.39 is 0 Å². The molecule has 2 rings (SSSR count). The number of rotatable bonds is 2. The third-order valence-corrected chi connectivity index (χ3v) is 3.99. The molecule has 2 nitrogen and oxygen atoms in total. The van der Waals surface area contributed by atoms with E-state index >= 15 is 0 Å². The summed E-state index contributed by atoms with van der Waals surface area (Å²) in [5.74, 6) is 0.998. The third-order valence-electron chi connectivity index (χ3n) is 2.80. The van der Waals surface area contributed by atoms with Gasteiger partial charge in [0.05, 0.1) is 0 Å². The summed E-state index contributed by atoms with van der Waals surface area (Å²) in [4.78, 5) is 2.26. The molecular formula is C12H15ClNORu. The first-order valence-electron chi connectivity index (χ1n) is 5.32. The molecule has 89 valence electrons. The number of halogens is 1. The molecule has 4 heteroatoms. The first kappa shape index (κ1) is 12.1. The van der Waals surface area contributed by atoms with Crippen LogP contribution in [0.4, 0.5) is 5.69 Å². The van der Waals surface area contributed by atoms with E-state index in [1.54, 1.807) is 0 Å². The number of ether oxygens (including phenoxy) is 1. The molecule has 1 aliphatic rings. The van der Waals surface area contributed by atoms with Gasteiger partial charge in [-0.25, -0.2) is 0 Å². The Hall–Kier alpha value is -0.397. The fourth-order valence-electron chi connectivity index (χ4n) is 1.91. The predicted octanol–water partition coefficient (Wildman–Crippen LogP) is 2.68. The standard InChI is InChI=1S/C12H15NO.ClH.Ru/c1-4-10-8-13(3)11-7-5-6-9(2)12(11)14-10;;/h2,5-7,10H,4,8H2,1,3H3;1H;/q;;+1/p-1. The van der Waals surface area contributed by atoms with E-state index in [9.17, 15) is 0 Å². The topological polar surface area (TPSA) is 12.5 Å². The van der Waals surface area contributed by atoms with Gasteiger partial charge in [0.15, 0.2) is 0 Å². The molecule has 0 fully saturated rings. The summed E-state index contributed by atoms with van der Waals surface area (Å²) in [6.45, 7) is 3.12. The summed E-state index contributed by atoms with van der Waals surface area (Å²) in [5, 5.41) is 0. The van der Waals surface area contributed by atoms with Crippen LogP contribution < -0.4 is 9.64 Å². The van der Waals surface area contributed by atoms with Crippen LogP contribution in [-0.2, 0) is 15.7 Å². The Balaban J connectivity index is 2.43. The number of hydrogen-bond donors (Lipinski definition) is 0. The van der Waals surface area contributed by atoms with E-state index in [-0.39, 0.29) is 21.8 Å². The molecule has 0 amide bonds. The van der Waals surface area contributed by atoms with E-state index in [4.69, 9.17) is 14.4 Å². The summed E-state index contributed by atoms with van der Waals surface area (Å²) >= 11 is -0.212. The van der Waals surface area contributed by atoms with Crippen LogP contribution in [0.1, 0.15) is 18.9 Å². The average molecular weight is 326 g/mol. The molecule has 0 bridgehead atoms. The van der Waals surface area contributed by atoms with Gasteiger partial charge >= 0.3 is 108 Å². The average Bonchev–Trinajstić information content (AvgIpc) is 2.30. The van der Waals surface area contributed by atoms with Crippen molar-refractivity contribution in [3.05, 3.63) is 23.8 Å². The van der Waals surface area contributed by atoms with Gasteiger partial charge in [0.25, 0.3) is 0 Å². The molecule has 0 aromatic heterocycles. The monoisotopic (exact) mass is 326 g/mol. The third kappa shape index (κ3) is 2.31. The van der Waals surface area contributed by atoms with Gasteiger partial charge in [0, 0.05) is 0 Å². The van der Waals surface area contributed by atoms with Crippen molar-refractivity contribution in [1.82, 2.24) is 0 Å². The minimum atomic E-state index is -0.212. The van der Waals surface area contributed by atoms with Crippen LogP contribution in [0.2, 0.25) is 0 Å². The number of para-hydroxylation sites is 1. The van der Waals surface area contributed by atoms with Crippen molar-refractivity contribution in [2.45, 2.75) is 19.4 Å². The van der Waals surface area contributed by atoms with Crippen LogP contribution in [0.3, 0.4) is 0 Å². The second-order valence-electron chi connectivity index (χ2n) is 3.90. The fourth-order valence-corrected chi connectivity index (χ4v) is 3.00. The normalized spacial score (nSPS) is 20.2. The Morgan fingerprint density at radius 2 is 2.44 bits per heavy atom. The zero-order valence-electron chi connectivity index (χ0n) is 9.39. The van der Waals surface area contributed by atoms with Gasteiger partial charge < -0.3 is 0 Å². The number of hydrogen-bond acceptors (Lipinski definition) is 2. The molecule has 1 aliphatic heterocycles. The number of benzene rings is 1. The van der Waals surface area contributed by atoms with Gasteiger partial charge in [-0.05, 0) is 0 Å². The number of likely N-dealkylation sites (N-methyl/N-ethyl adjacent to an activating group) is 1. The molecule has 1 aromatic carbocycles. The number of fused-ring (bicyclic) bond motifs is 1. The van der Waals surface area contributed by atoms with Crippen LogP contribution in [-0.4, -0.2) is 24.3 Å². The second-order valence-corrected chi connectivity index (χ2v) is 5.70. The molecule has 0 saturated carbocycles. The Kier molecular flexibility index (Phi) is 3.99. The van der Waals surface area contributed by atoms with E-state index in [1.165, 1.54) is 5.69 Å². The minimum absolute atomic E-state index is 0.212.